The Bertz CT molecular complexity index is 367. The molecule has 0 radical (unpaired) electrons. The summed E-state index contributed by atoms with van der Waals surface area (Å²) in [5, 5.41) is 3.87. The third-order valence-corrected chi connectivity index (χ3v) is 3.02. The van der Waals surface area contributed by atoms with Gasteiger partial charge in [0.1, 0.15) is 0 Å². The Labute approximate surface area is 79.3 Å². The minimum absolute atomic E-state index is 0.191. The molecule has 13 heavy (non-hydrogen) atoms. The second kappa shape index (κ2) is 2.96. The summed E-state index contributed by atoms with van der Waals surface area (Å²) in [6, 6.07) is 0. The van der Waals surface area contributed by atoms with Crippen LogP contribution in [0.3, 0.4) is 0 Å². The minimum atomic E-state index is -0.416. The molecular weight excluding hydrogens is 188 g/mol. The number of hydrogen-bond acceptors (Lipinski definition) is 4. The highest BCUT2D eigenvalue weighted by molar-refractivity contribution is 7.08. The molecule has 0 N–H and O–H groups in total. The highest BCUT2D eigenvalue weighted by Gasteiger charge is 2.35. The van der Waals surface area contributed by atoms with Gasteiger partial charge in [0.25, 0.3) is 0 Å². The molecule has 1 saturated heterocycles. The molecule has 0 aromatic carbocycles. The van der Waals surface area contributed by atoms with Gasteiger partial charge in [-0.2, -0.15) is 11.3 Å². The predicted molar refractivity (Wildman–Crippen MR) is 47.5 cm³/mol. The summed E-state index contributed by atoms with van der Waals surface area (Å²) < 4.78 is 4.48. The SMILES string of the molecule is Cc1cscc1C1CC(=O)OC1=O. The molecule has 0 bridgehead atoms. The molecule has 1 unspecified atom stereocenters. The quantitative estimate of drug-likeness (QED) is 0.506. The van der Waals surface area contributed by atoms with Crippen molar-refractivity contribution in [1.29, 1.82) is 0 Å². The molecule has 2 heterocycles. The summed E-state index contributed by atoms with van der Waals surface area (Å²) in [5.41, 5.74) is 1.99. The monoisotopic (exact) mass is 196 g/mol. The number of aryl methyl sites for hydroxylation is 1. The number of ether oxygens (including phenoxy) is 1. The highest BCUT2D eigenvalue weighted by Crippen LogP contribution is 2.31. The van der Waals surface area contributed by atoms with E-state index < -0.39 is 11.9 Å². The zero-order chi connectivity index (χ0) is 9.42. The lowest BCUT2D eigenvalue weighted by Gasteiger charge is -2.02. The van der Waals surface area contributed by atoms with Crippen molar-refractivity contribution in [2.24, 2.45) is 0 Å². The fourth-order valence-electron chi connectivity index (χ4n) is 1.44. The van der Waals surface area contributed by atoms with Crippen LogP contribution in [0.15, 0.2) is 10.8 Å². The van der Waals surface area contributed by atoms with Gasteiger partial charge in [0.2, 0.25) is 0 Å². The molecule has 1 atom stereocenters. The molecule has 1 aromatic rings. The van der Waals surface area contributed by atoms with Crippen LogP contribution < -0.4 is 0 Å². The molecule has 0 spiro atoms. The first-order valence-electron chi connectivity index (χ1n) is 3.95. The van der Waals surface area contributed by atoms with Gasteiger partial charge >= 0.3 is 11.9 Å². The van der Waals surface area contributed by atoms with Gasteiger partial charge < -0.3 is 4.74 Å². The number of carbonyl (C=O) groups excluding carboxylic acids is 2. The average molecular weight is 196 g/mol. The van der Waals surface area contributed by atoms with E-state index in [1.165, 1.54) is 11.3 Å². The van der Waals surface area contributed by atoms with Crippen molar-refractivity contribution < 1.29 is 14.3 Å². The maximum atomic E-state index is 11.2. The smallest absolute Gasteiger partial charge is 0.321 e. The van der Waals surface area contributed by atoms with Gasteiger partial charge in [-0.1, -0.05) is 0 Å². The summed E-state index contributed by atoms with van der Waals surface area (Å²) in [6.07, 6.45) is 0.191. The first-order chi connectivity index (χ1) is 6.18. The Kier molecular flexibility index (Phi) is 1.92. The van der Waals surface area contributed by atoms with Crippen LogP contribution in [-0.4, -0.2) is 11.9 Å². The van der Waals surface area contributed by atoms with Crippen LogP contribution in [-0.2, 0) is 14.3 Å². The van der Waals surface area contributed by atoms with Crippen LogP contribution in [0.2, 0.25) is 0 Å². The fraction of sp³-hybridized carbons (Fsp3) is 0.333. The Hall–Kier alpha value is -1.16. The molecule has 2 rings (SSSR count). The Morgan fingerprint density at radius 2 is 2.23 bits per heavy atom. The van der Waals surface area contributed by atoms with E-state index in [1.54, 1.807) is 0 Å². The summed E-state index contributed by atoms with van der Waals surface area (Å²) in [4.78, 5) is 22.0. The zero-order valence-electron chi connectivity index (χ0n) is 7.07. The lowest BCUT2D eigenvalue weighted by molar-refractivity contribution is -0.152. The summed E-state index contributed by atoms with van der Waals surface area (Å²) in [6.45, 7) is 1.93. The Morgan fingerprint density at radius 1 is 1.46 bits per heavy atom. The minimum Gasteiger partial charge on any atom is -0.393 e. The standard InChI is InChI=1S/C9H8O3S/c1-5-3-13-4-7(5)6-2-8(10)12-9(6)11/h3-4,6H,2H2,1H3. The van der Waals surface area contributed by atoms with Crippen LogP contribution in [0, 0.1) is 6.92 Å². The van der Waals surface area contributed by atoms with E-state index in [9.17, 15) is 9.59 Å². The van der Waals surface area contributed by atoms with E-state index >= 15 is 0 Å². The topological polar surface area (TPSA) is 43.4 Å². The maximum absolute atomic E-state index is 11.2. The second-order valence-electron chi connectivity index (χ2n) is 3.06. The fourth-order valence-corrected chi connectivity index (χ4v) is 2.34. The first-order valence-corrected chi connectivity index (χ1v) is 4.90. The summed E-state index contributed by atoms with van der Waals surface area (Å²) >= 11 is 1.54. The number of carbonyl (C=O) groups is 2. The lowest BCUT2D eigenvalue weighted by Crippen LogP contribution is -2.05. The van der Waals surface area contributed by atoms with Crippen LogP contribution >= 0.6 is 11.3 Å². The van der Waals surface area contributed by atoms with Gasteiger partial charge in [-0.3, -0.25) is 9.59 Å². The van der Waals surface area contributed by atoms with Gasteiger partial charge in [0, 0.05) is 0 Å². The normalized spacial score (nSPS) is 22.1. The van der Waals surface area contributed by atoms with E-state index in [4.69, 9.17) is 0 Å². The zero-order valence-corrected chi connectivity index (χ0v) is 7.89. The summed E-state index contributed by atoms with van der Waals surface area (Å²) in [5.74, 6) is -1.19. The number of cyclic esters (lactones) is 2. The van der Waals surface area contributed by atoms with Crippen molar-refractivity contribution in [3.63, 3.8) is 0 Å². The van der Waals surface area contributed by atoms with Crippen LogP contribution in [0.5, 0.6) is 0 Å². The van der Waals surface area contributed by atoms with E-state index in [2.05, 4.69) is 4.74 Å². The summed E-state index contributed by atoms with van der Waals surface area (Å²) in [7, 11) is 0. The largest absolute Gasteiger partial charge is 0.393 e. The highest BCUT2D eigenvalue weighted by atomic mass is 32.1. The Morgan fingerprint density at radius 3 is 2.69 bits per heavy atom. The molecule has 0 amide bonds. The van der Waals surface area contributed by atoms with E-state index in [0.29, 0.717) is 0 Å². The van der Waals surface area contributed by atoms with Crippen molar-refractivity contribution in [2.75, 3.05) is 0 Å². The average Bonchev–Trinajstić information content (AvgIpc) is 2.58. The molecule has 68 valence electrons. The van der Waals surface area contributed by atoms with Crippen LogP contribution in [0.1, 0.15) is 23.5 Å². The first kappa shape index (κ1) is 8.44. The van der Waals surface area contributed by atoms with Crippen molar-refractivity contribution in [2.45, 2.75) is 19.3 Å². The number of hydrogen-bond donors (Lipinski definition) is 0. The third kappa shape index (κ3) is 1.37. The number of esters is 2. The molecule has 1 aromatic heterocycles. The second-order valence-corrected chi connectivity index (χ2v) is 3.80. The molecule has 4 heteroatoms. The molecule has 0 aliphatic carbocycles. The van der Waals surface area contributed by atoms with Crippen molar-refractivity contribution in [3.8, 4) is 0 Å². The predicted octanol–water partition coefficient (Wildman–Crippen LogP) is 1.61. The van der Waals surface area contributed by atoms with Crippen LogP contribution in [0.25, 0.3) is 0 Å². The maximum Gasteiger partial charge on any atom is 0.321 e. The van der Waals surface area contributed by atoms with Crippen LogP contribution in [0.4, 0.5) is 0 Å². The van der Waals surface area contributed by atoms with Crippen molar-refractivity contribution in [3.05, 3.63) is 21.9 Å². The molecule has 1 fully saturated rings. The lowest BCUT2D eigenvalue weighted by atomic mass is 9.98. The molecular formula is C9H8O3S. The van der Waals surface area contributed by atoms with Gasteiger partial charge in [0.15, 0.2) is 0 Å². The van der Waals surface area contributed by atoms with Gasteiger partial charge in [0.05, 0.1) is 12.3 Å². The van der Waals surface area contributed by atoms with Crippen molar-refractivity contribution >= 4 is 23.3 Å². The molecule has 0 saturated carbocycles. The molecule has 3 nitrogen and oxygen atoms in total. The Balaban J connectivity index is 2.32. The third-order valence-electron chi connectivity index (χ3n) is 2.14. The van der Waals surface area contributed by atoms with Crippen molar-refractivity contribution in [1.82, 2.24) is 0 Å². The molecule has 1 aliphatic heterocycles. The number of thiophene rings is 1. The van der Waals surface area contributed by atoms with Gasteiger partial charge in [-0.15, -0.1) is 0 Å². The van der Waals surface area contributed by atoms with E-state index in [-0.39, 0.29) is 12.3 Å². The van der Waals surface area contributed by atoms with Gasteiger partial charge in [-0.25, -0.2) is 0 Å². The molecule has 1 aliphatic rings. The van der Waals surface area contributed by atoms with E-state index in [1.807, 2.05) is 17.7 Å². The van der Waals surface area contributed by atoms with Gasteiger partial charge in [-0.05, 0) is 28.8 Å². The number of rotatable bonds is 1. The van der Waals surface area contributed by atoms with E-state index in [0.717, 1.165) is 11.1 Å².